The van der Waals surface area contributed by atoms with Crippen LogP contribution in [0.4, 0.5) is 5.13 Å². The quantitative estimate of drug-likeness (QED) is 0.903. The fourth-order valence-electron chi connectivity index (χ4n) is 2.37. The van der Waals surface area contributed by atoms with Gasteiger partial charge in [-0.25, -0.2) is 4.98 Å². The second-order valence-electron chi connectivity index (χ2n) is 4.36. The van der Waals surface area contributed by atoms with Gasteiger partial charge in [0.1, 0.15) is 5.82 Å². The van der Waals surface area contributed by atoms with E-state index in [1.54, 1.807) is 0 Å². The first-order chi connectivity index (χ1) is 8.36. The molecular formula is C13H15N3S. The van der Waals surface area contributed by atoms with Gasteiger partial charge >= 0.3 is 0 Å². The van der Waals surface area contributed by atoms with Crippen molar-refractivity contribution in [3.8, 4) is 0 Å². The van der Waals surface area contributed by atoms with Gasteiger partial charge < -0.3 is 5.32 Å². The number of benzene rings is 1. The summed E-state index contributed by atoms with van der Waals surface area (Å²) < 4.78 is 4.47. The molecule has 2 aromatic rings. The van der Waals surface area contributed by atoms with E-state index in [1.807, 2.05) is 0 Å². The zero-order valence-corrected chi connectivity index (χ0v) is 10.6. The van der Waals surface area contributed by atoms with Crippen LogP contribution in [0, 0.1) is 0 Å². The summed E-state index contributed by atoms with van der Waals surface area (Å²) in [6.45, 7) is 2.98. The monoisotopic (exact) mass is 245 g/mol. The van der Waals surface area contributed by atoms with Crippen molar-refractivity contribution in [2.24, 2.45) is 0 Å². The average molecular weight is 245 g/mol. The lowest BCUT2D eigenvalue weighted by Gasteiger charge is -2.02. The Morgan fingerprint density at radius 3 is 2.65 bits per heavy atom. The van der Waals surface area contributed by atoms with Crippen molar-refractivity contribution in [3.63, 3.8) is 0 Å². The topological polar surface area (TPSA) is 37.8 Å². The van der Waals surface area contributed by atoms with Gasteiger partial charge in [0.2, 0.25) is 5.13 Å². The molecule has 1 aliphatic rings. The Morgan fingerprint density at radius 2 is 2.00 bits per heavy atom. The average Bonchev–Trinajstić information content (AvgIpc) is 2.94. The molecule has 17 heavy (non-hydrogen) atoms. The highest BCUT2D eigenvalue weighted by molar-refractivity contribution is 7.09. The molecule has 0 bridgehead atoms. The van der Waals surface area contributed by atoms with Crippen molar-refractivity contribution < 1.29 is 0 Å². The maximum atomic E-state index is 4.56. The smallest absolute Gasteiger partial charge is 0.202 e. The summed E-state index contributed by atoms with van der Waals surface area (Å²) in [5.74, 6) is 1.47. The summed E-state index contributed by atoms with van der Waals surface area (Å²) in [5, 5.41) is 4.16. The van der Waals surface area contributed by atoms with Gasteiger partial charge in [-0.1, -0.05) is 24.3 Å². The number of fused-ring (bicyclic) bond motifs is 1. The Labute approximate surface area is 105 Å². The zero-order chi connectivity index (χ0) is 11.7. The molecular weight excluding hydrogens is 230 g/mol. The molecule has 0 atom stereocenters. The van der Waals surface area contributed by atoms with E-state index in [9.17, 15) is 0 Å². The normalized spacial score (nSPS) is 14.9. The summed E-state index contributed by atoms with van der Waals surface area (Å²) in [6, 6.07) is 8.65. The Kier molecular flexibility index (Phi) is 2.81. The third kappa shape index (κ3) is 2.05. The number of nitrogens with one attached hydrogen (secondary N) is 1. The second kappa shape index (κ2) is 4.45. The number of hydrogen-bond donors (Lipinski definition) is 1. The van der Waals surface area contributed by atoms with Crippen molar-refractivity contribution in [1.29, 1.82) is 0 Å². The molecule has 1 N–H and O–H groups in total. The molecule has 0 saturated carbocycles. The Morgan fingerprint density at radius 1 is 1.29 bits per heavy atom. The van der Waals surface area contributed by atoms with Crippen LogP contribution in [0.15, 0.2) is 24.3 Å². The van der Waals surface area contributed by atoms with E-state index in [1.165, 1.54) is 22.7 Å². The molecule has 0 unspecified atom stereocenters. The van der Waals surface area contributed by atoms with Gasteiger partial charge in [0.05, 0.1) is 0 Å². The van der Waals surface area contributed by atoms with Crippen molar-refractivity contribution in [3.05, 3.63) is 41.2 Å². The van der Waals surface area contributed by atoms with Gasteiger partial charge in [-0.2, -0.15) is 4.37 Å². The number of hydrogen-bond acceptors (Lipinski definition) is 4. The van der Waals surface area contributed by atoms with Gasteiger partial charge in [0.15, 0.2) is 0 Å². The highest BCUT2D eigenvalue weighted by atomic mass is 32.1. The maximum absolute atomic E-state index is 4.56. The van der Waals surface area contributed by atoms with E-state index in [-0.39, 0.29) is 0 Å². The van der Waals surface area contributed by atoms with Crippen LogP contribution < -0.4 is 5.32 Å². The molecule has 0 aliphatic heterocycles. The van der Waals surface area contributed by atoms with Crippen LogP contribution in [0.5, 0.6) is 0 Å². The largest absolute Gasteiger partial charge is 0.361 e. The summed E-state index contributed by atoms with van der Waals surface area (Å²) in [7, 11) is 0. The van der Waals surface area contributed by atoms with Crippen LogP contribution in [-0.2, 0) is 12.8 Å². The SMILES string of the molecule is CCNc1nc(C2Cc3ccccc3C2)ns1. The fraction of sp³-hybridized carbons (Fsp3) is 0.385. The van der Waals surface area contributed by atoms with Crippen molar-refractivity contribution in [1.82, 2.24) is 9.36 Å². The molecule has 1 aromatic heterocycles. The minimum absolute atomic E-state index is 0.469. The molecule has 1 aromatic carbocycles. The third-order valence-electron chi connectivity index (χ3n) is 3.19. The fourth-order valence-corrected chi connectivity index (χ4v) is 3.08. The highest BCUT2D eigenvalue weighted by Gasteiger charge is 2.25. The Hall–Kier alpha value is -1.42. The number of anilines is 1. The number of aromatic nitrogens is 2. The van der Waals surface area contributed by atoms with Crippen LogP contribution >= 0.6 is 11.5 Å². The standard InChI is InChI=1S/C13H15N3S/c1-2-14-13-15-12(16-17-13)11-7-9-5-3-4-6-10(9)8-11/h3-6,11H,2,7-8H2,1H3,(H,14,15,16). The minimum Gasteiger partial charge on any atom is -0.361 e. The van der Waals surface area contributed by atoms with Crippen molar-refractivity contribution in [2.45, 2.75) is 25.7 Å². The van der Waals surface area contributed by atoms with E-state index in [0.29, 0.717) is 5.92 Å². The van der Waals surface area contributed by atoms with Crippen LogP contribution in [0.25, 0.3) is 0 Å². The lowest BCUT2D eigenvalue weighted by Crippen LogP contribution is -2.01. The predicted octanol–water partition coefficient (Wildman–Crippen LogP) is 2.85. The second-order valence-corrected chi connectivity index (χ2v) is 5.11. The van der Waals surface area contributed by atoms with Crippen molar-refractivity contribution >= 4 is 16.7 Å². The van der Waals surface area contributed by atoms with Gasteiger partial charge in [-0.3, -0.25) is 0 Å². The van der Waals surface area contributed by atoms with Gasteiger partial charge in [0, 0.05) is 24.0 Å². The summed E-state index contributed by atoms with van der Waals surface area (Å²) >= 11 is 1.47. The molecule has 0 radical (unpaired) electrons. The molecule has 3 rings (SSSR count). The minimum atomic E-state index is 0.469. The molecule has 4 heteroatoms. The molecule has 3 nitrogen and oxygen atoms in total. The van der Waals surface area contributed by atoms with E-state index in [2.05, 4.69) is 45.9 Å². The first-order valence-electron chi connectivity index (χ1n) is 6.01. The molecule has 0 saturated heterocycles. The van der Waals surface area contributed by atoms with E-state index < -0.39 is 0 Å². The third-order valence-corrected chi connectivity index (χ3v) is 3.87. The number of rotatable bonds is 3. The van der Waals surface area contributed by atoms with E-state index in [4.69, 9.17) is 0 Å². The van der Waals surface area contributed by atoms with Crippen LogP contribution in [0.3, 0.4) is 0 Å². The predicted molar refractivity (Wildman–Crippen MR) is 70.7 cm³/mol. The van der Waals surface area contributed by atoms with Crippen molar-refractivity contribution in [2.75, 3.05) is 11.9 Å². The van der Waals surface area contributed by atoms with Gasteiger partial charge in [-0.15, -0.1) is 0 Å². The Bertz CT molecular complexity index is 496. The first-order valence-corrected chi connectivity index (χ1v) is 6.78. The van der Waals surface area contributed by atoms with E-state index >= 15 is 0 Å². The molecule has 0 spiro atoms. The lowest BCUT2D eigenvalue weighted by molar-refractivity contribution is 0.697. The summed E-state index contributed by atoms with van der Waals surface area (Å²) in [4.78, 5) is 4.56. The molecule has 0 fully saturated rings. The molecule has 88 valence electrons. The summed E-state index contributed by atoms with van der Waals surface area (Å²) in [6.07, 6.45) is 2.16. The number of nitrogens with zero attached hydrogens (tertiary/aromatic N) is 2. The molecule has 1 aliphatic carbocycles. The van der Waals surface area contributed by atoms with E-state index in [0.717, 1.165) is 30.3 Å². The van der Waals surface area contributed by atoms with Gasteiger partial charge in [0.25, 0.3) is 0 Å². The van der Waals surface area contributed by atoms with Crippen LogP contribution in [0.1, 0.15) is 29.8 Å². The Balaban J connectivity index is 1.79. The lowest BCUT2D eigenvalue weighted by atomic mass is 10.1. The highest BCUT2D eigenvalue weighted by Crippen LogP contribution is 2.33. The van der Waals surface area contributed by atoms with Crippen LogP contribution in [-0.4, -0.2) is 15.9 Å². The molecule has 0 amide bonds. The molecule has 1 heterocycles. The van der Waals surface area contributed by atoms with Gasteiger partial charge in [-0.05, 0) is 30.9 Å². The first kappa shape index (κ1) is 10.7. The zero-order valence-electron chi connectivity index (χ0n) is 9.81. The van der Waals surface area contributed by atoms with Crippen LogP contribution in [0.2, 0.25) is 0 Å². The summed E-state index contributed by atoms with van der Waals surface area (Å²) in [5.41, 5.74) is 2.91. The maximum Gasteiger partial charge on any atom is 0.202 e.